The van der Waals surface area contributed by atoms with Crippen molar-refractivity contribution < 1.29 is 9.53 Å². The van der Waals surface area contributed by atoms with Gasteiger partial charge in [0.2, 0.25) is 0 Å². The van der Waals surface area contributed by atoms with Gasteiger partial charge in [0.05, 0.1) is 6.54 Å². The molecule has 31 heavy (non-hydrogen) atoms. The SMILES string of the molecule is O=C(NCc1ccc(-n2cncn2)nc1)c1ccc(=O)n(CCOc2ccccc2)n1. The minimum absolute atomic E-state index is 0.145. The minimum atomic E-state index is -0.391. The molecule has 0 aliphatic rings. The molecule has 4 rings (SSSR count). The molecule has 3 heterocycles. The summed E-state index contributed by atoms with van der Waals surface area (Å²) in [5.41, 5.74) is 0.648. The molecule has 0 atom stereocenters. The Labute approximate surface area is 177 Å². The van der Waals surface area contributed by atoms with E-state index in [1.807, 2.05) is 36.4 Å². The molecule has 0 fully saturated rings. The molecule has 0 saturated heterocycles. The number of pyridine rings is 1. The van der Waals surface area contributed by atoms with Crippen LogP contribution in [-0.2, 0) is 13.1 Å². The van der Waals surface area contributed by atoms with Crippen LogP contribution in [0.2, 0.25) is 0 Å². The van der Waals surface area contributed by atoms with Gasteiger partial charge in [0.1, 0.15) is 30.7 Å². The summed E-state index contributed by atoms with van der Waals surface area (Å²) in [7, 11) is 0. The number of amides is 1. The summed E-state index contributed by atoms with van der Waals surface area (Å²) in [6.07, 6.45) is 4.62. The fraction of sp³-hybridized carbons (Fsp3) is 0.143. The van der Waals surface area contributed by atoms with Gasteiger partial charge >= 0.3 is 0 Å². The zero-order valence-electron chi connectivity index (χ0n) is 16.5. The smallest absolute Gasteiger partial charge is 0.271 e. The lowest BCUT2D eigenvalue weighted by atomic mass is 10.2. The van der Waals surface area contributed by atoms with E-state index in [9.17, 15) is 9.59 Å². The third-order valence-electron chi connectivity index (χ3n) is 4.33. The summed E-state index contributed by atoms with van der Waals surface area (Å²) < 4.78 is 8.34. The molecule has 0 spiro atoms. The number of para-hydroxylation sites is 1. The number of carbonyl (C=O) groups is 1. The molecule has 0 bridgehead atoms. The predicted molar refractivity (Wildman–Crippen MR) is 111 cm³/mol. The van der Waals surface area contributed by atoms with Gasteiger partial charge in [-0.05, 0) is 29.8 Å². The quantitative estimate of drug-likeness (QED) is 0.458. The van der Waals surface area contributed by atoms with E-state index in [2.05, 4.69) is 25.5 Å². The van der Waals surface area contributed by atoms with Crippen molar-refractivity contribution in [1.29, 1.82) is 0 Å². The van der Waals surface area contributed by atoms with Crippen LogP contribution in [0.4, 0.5) is 0 Å². The first-order valence-electron chi connectivity index (χ1n) is 9.53. The van der Waals surface area contributed by atoms with Crippen molar-refractivity contribution >= 4 is 5.91 Å². The Bertz CT molecular complexity index is 1190. The number of hydrogen-bond donors (Lipinski definition) is 1. The van der Waals surface area contributed by atoms with Gasteiger partial charge in [-0.1, -0.05) is 24.3 Å². The standard InChI is InChI=1S/C21H19N7O3/c29-20-9-7-18(26-27(20)10-11-31-17-4-2-1-3-5-17)21(30)24-13-16-6-8-19(23-12-16)28-15-22-14-25-28/h1-9,12,14-15H,10-11,13H2,(H,24,30). The van der Waals surface area contributed by atoms with E-state index >= 15 is 0 Å². The molecule has 3 aromatic heterocycles. The fourth-order valence-electron chi connectivity index (χ4n) is 2.75. The molecule has 0 unspecified atom stereocenters. The Morgan fingerprint density at radius 3 is 2.68 bits per heavy atom. The lowest BCUT2D eigenvalue weighted by Crippen LogP contribution is -2.30. The summed E-state index contributed by atoms with van der Waals surface area (Å²) >= 11 is 0. The largest absolute Gasteiger partial charge is 0.492 e. The van der Waals surface area contributed by atoms with Crippen LogP contribution in [0, 0.1) is 0 Å². The summed E-state index contributed by atoms with van der Waals surface area (Å²) in [5.74, 6) is 0.935. The molecule has 0 saturated carbocycles. The second-order valence-corrected chi connectivity index (χ2v) is 6.49. The molecular weight excluding hydrogens is 398 g/mol. The third kappa shape index (κ3) is 5.18. The Morgan fingerprint density at radius 1 is 1.06 bits per heavy atom. The van der Waals surface area contributed by atoms with Crippen LogP contribution >= 0.6 is 0 Å². The van der Waals surface area contributed by atoms with Crippen LogP contribution in [0.3, 0.4) is 0 Å². The Kier molecular flexibility index (Phi) is 6.08. The highest BCUT2D eigenvalue weighted by Gasteiger charge is 2.10. The number of nitrogens with one attached hydrogen (secondary N) is 1. The van der Waals surface area contributed by atoms with Crippen LogP contribution in [0.1, 0.15) is 16.1 Å². The average molecular weight is 417 g/mol. The number of aromatic nitrogens is 6. The van der Waals surface area contributed by atoms with Crippen molar-refractivity contribution in [1.82, 2.24) is 34.8 Å². The van der Waals surface area contributed by atoms with Crippen LogP contribution in [-0.4, -0.2) is 42.0 Å². The molecular formula is C21H19N7O3. The van der Waals surface area contributed by atoms with Crippen molar-refractivity contribution in [2.45, 2.75) is 13.1 Å². The number of hydrogen-bond acceptors (Lipinski definition) is 7. The second kappa shape index (κ2) is 9.44. The molecule has 0 aliphatic heterocycles. The van der Waals surface area contributed by atoms with Crippen molar-refractivity contribution in [3.63, 3.8) is 0 Å². The number of ether oxygens (including phenoxy) is 1. The van der Waals surface area contributed by atoms with Crippen LogP contribution in [0.15, 0.2) is 78.2 Å². The van der Waals surface area contributed by atoms with Gasteiger partial charge in [0.15, 0.2) is 5.82 Å². The van der Waals surface area contributed by atoms with Crippen molar-refractivity contribution in [3.05, 3.63) is 95.1 Å². The predicted octanol–water partition coefficient (Wildman–Crippen LogP) is 1.23. The molecule has 10 nitrogen and oxygen atoms in total. The molecule has 4 aromatic rings. The van der Waals surface area contributed by atoms with Gasteiger partial charge in [-0.2, -0.15) is 10.2 Å². The van der Waals surface area contributed by atoms with Crippen LogP contribution in [0.25, 0.3) is 5.82 Å². The van der Waals surface area contributed by atoms with Crippen LogP contribution < -0.4 is 15.6 Å². The highest BCUT2D eigenvalue weighted by molar-refractivity contribution is 5.91. The zero-order valence-corrected chi connectivity index (χ0v) is 16.5. The van der Waals surface area contributed by atoms with E-state index in [1.54, 1.807) is 18.6 Å². The highest BCUT2D eigenvalue weighted by atomic mass is 16.5. The monoisotopic (exact) mass is 417 g/mol. The lowest BCUT2D eigenvalue weighted by Gasteiger charge is -2.09. The van der Waals surface area contributed by atoms with Gasteiger partial charge in [-0.15, -0.1) is 0 Å². The summed E-state index contributed by atoms with van der Waals surface area (Å²) in [6, 6.07) is 15.6. The van der Waals surface area contributed by atoms with Crippen molar-refractivity contribution in [3.8, 4) is 11.6 Å². The first-order chi connectivity index (χ1) is 15.2. The van der Waals surface area contributed by atoms with E-state index in [4.69, 9.17) is 4.74 Å². The van der Waals surface area contributed by atoms with Crippen molar-refractivity contribution in [2.75, 3.05) is 6.61 Å². The first-order valence-corrected chi connectivity index (χ1v) is 9.53. The topological polar surface area (TPSA) is 117 Å². The maximum absolute atomic E-state index is 12.5. The summed E-state index contributed by atoms with van der Waals surface area (Å²) in [5, 5.41) is 10.9. The lowest BCUT2D eigenvalue weighted by molar-refractivity contribution is 0.0943. The Morgan fingerprint density at radius 2 is 1.94 bits per heavy atom. The third-order valence-corrected chi connectivity index (χ3v) is 4.33. The normalized spacial score (nSPS) is 10.6. The molecule has 0 aliphatic carbocycles. The van der Waals surface area contributed by atoms with Gasteiger partial charge in [-0.3, -0.25) is 9.59 Å². The average Bonchev–Trinajstić information content (AvgIpc) is 3.35. The van der Waals surface area contributed by atoms with Crippen molar-refractivity contribution in [2.24, 2.45) is 0 Å². The number of carbonyl (C=O) groups excluding carboxylic acids is 1. The number of benzene rings is 1. The summed E-state index contributed by atoms with van der Waals surface area (Å²) in [6.45, 7) is 0.746. The maximum Gasteiger partial charge on any atom is 0.271 e. The van der Waals surface area contributed by atoms with Gasteiger partial charge in [0, 0.05) is 18.8 Å². The maximum atomic E-state index is 12.5. The van der Waals surface area contributed by atoms with E-state index in [-0.39, 0.29) is 30.9 Å². The molecule has 1 N–H and O–H groups in total. The van der Waals surface area contributed by atoms with Gasteiger partial charge in [-0.25, -0.2) is 19.3 Å². The fourth-order valence-corrected chi connectivity index (χ4v) is 2.75. The molecule has 10 heteroatoms. The summed E-state index contributed by atoms with van der Waals surface area (Å²) in [4.78, 5) is 32.7. The Balaban J connectivity index is 1.34. The minimum Gasteiger partial charge on any atom is -0.492 e. The van der Waals surface area contributed by atoms with Gasteiger partial charge < -0.3 is 10.1 Å². The van der Waals surface area contributed by atoms with Gasteiger partial charge in [0.25, 0.3) is 11.5 Å². The Hall–Kier alpha value is -4.34. The van der Waals surface area contributed by atoms with E-state index in [0.717, 1.165) is 5.56 Å². The molecule has 1 aromatic carbocycles. The van der Waals surface area contributed by atoms with Crippen LogP contribution in [0.5, 0.6) is 5.75 Å². The molecule has 1 amide bonds. The zero-order chi connectivity index (χ0) is 21.5. The van der Waals surface area contributed by atoms with E-state index in [1.165, 1.54) is 27.8 Å². The molecule has 156 valence electrons. The first kappa shape index (κ1) is 20.0. The van der Waals surface area contributed by atoms with E-state index in [0.29, 0.717) is 11.6 Å². The number of nitrogens with zero attached hydrogens (tertiary/aromatic N) is 6. The molecule has 0 radical (unpaired) electrons. The highest BCUT2D eigenvalue weighted by Crippen LogP contribution is 2.08. The second-order valence-electron chi connectivity index (χ2n) is 6.49. The number of rotatable bonds is 8. The van der Waals surface area contributed by atoms with E-state index < -0.39 is 5.91 Å².